The van der Waals surface area contributed by atoms with Gasteiger partial charge in [0.15, 0.2) is 6.10 Å². The molecule has 2 saturated heterocycles. The zero-order valence-corrected chi connectivity index (χ0v) is 14.0. The average molecular weight is 354 g/mol. The summed E-state index contributed by atoms with van der Waals surface area (Å²) in [5.74, 6) is -1.11. The Morgan fingerprint density at radius 1 is 1.25 bits per heavy atom. The SMILES string of the molecule is O=C(O)[C@@H]1CN(C(=O)C2(c3cccc(Cl)c3)CCOCC2)CCO1. The molecule has 1 atom stereocenters. The Morgan fingerprint density at radius 2 is 2.00 bits per heavy atom. The van der Waals surface area contributed by atoms with Crippen molar-refractivity contribution in [2.75, 3.05) is 32.9 Å². The van der Waals surface area contributed by atoms with Crippen LogP contribution in [0.4, 0.5) is 0 Å². The first-order valence-electron chi connectivity index (χ1n) is 8.00. The van der Waals surface area contributed by atoms with Crippen molar-refractivity contribution >= 4 is 23.5 Å². The highest BCUT2D eigenvalue weighted by Gasteiger charge is 2.45. The summed E-state index contributed by atoms with van der Waals surface area (Å²) >= 11 is 6.13. The molecular formula is C17H20ClNO5. The number of hydrogen-bond acceptors (Lipinski definition) is 4. The number of rotatable bonds is 3. The van der Waals surface area contributed by atoms with Crippen LogP contribution in [0.3, 0.4) is 0 Å². The first-order valence-corrected chi connectivity index (χ1v) is 8.38. The minimum atomic E-state index is -1.05. The molecule has 2 fully saturated rings. The Balaban J connectivity index is 1.91. The van der Waals surface area contributed by atoms with E-state index >= 15 is 0 Å². The summed E-state index contributed by atoms with van der Waals surface area (Å²) in [6.07, 6.45) is 0.140. The Kier molecular flexibility index (Phi) is 5.08. The van der Waals surface area contributed by atoms with Crippen LogP contribution < -0.4 is 0 Å². The van der Waals surface area contributed by atoms with Crippen LogP contribution in [0.1, 0.15) is 18.4 Å². The summed E-state index contributed by atoms with van der Waals surface area (Å²) in [4.78, 5) is 26.1. The molecule has 0 bridgehead atoms. The minimum absolute atomic E-state index is 0.0668. The number of carbonyl (C=O) groups excluding carboxylic acids is 1. The second-order valence-corrected chi connectivity index (χ2v) is 6.59. The van der Waals surface area contributed by atoms with Crippen molar-refractivity contribution in [1.29, 1.82) is 0 Å². The molecule has 2 aliphatic heterocycles. The fourth-order valence-corrected chi connectivity index (χ4v) is 3.61. The highest BCUT2D eigenvalue weighted by molar-refractivity contribution is 6.30. The molecule has 1 N–H and O–H groups in total. The van der Waals surface area contributed by atoms with Crippen LogP contribution >= 0.6 is 11.6 Å². The fraction of sp³-hybridized carbons (Fsp3) is 0.529. The van der Waals surface area contributed by atoms with Crippen molar-refractivity contribution in [3.8, 4) is 0 Å². The third-order valence-electron chi connectivity index (χ3n) is 4.76. The molecule has 1 aromatic rings. The number of amides is 1. The number of carbonyl (C=O) groups is 2. The van der Waals surface area contributed by atoms with Crippen LogP contribution in [0, 0.1) is 0 Å². The zero-order valence-electron chi connectivity index (χ0n) is 13.2. The third kappa shape index (κ3) is 3.27. The molecule has 0 aliphatic carbocycles. The maximum atomic E-state index is 13.3. The van der Waals surface area contributed by atoms with Crippen molar-refractivity contribution in [3.05, 3.63) is 34.9 Å². The third-order valence-corrected chi connectivity index (χ3v) is 5.00. The monoisotopic (exact) mass is 353 g/mol. The zero-order chi connectivity index (χ0) is 17.2. The maximum absolute atomic E-state index is 13.3. The molecule has 0 saturated carbocycles. The molecule has 7 heteroatoms. The standard InChI is InChI=1S/C17H20ClNO5/c18-13-3-1-2-12(10-13)17(4-7-23-8-5-17)16(22)19-6-9-24-14(11-19)15(20)21/h1-3,10,14H,4-9,11H2,(H,20,21)/t14-/m0/s1. The van der Waals surface area contributed by atoms with Gasteiger partial charge in [0.2, 0.25) is 5.91 Å². The van der Waals surface area contributed by atoms with Crippen molar-refractivity contribution in [1.82, 2.24) is 4.90 Å². The second kappa shape index (κ2) is 7.09. The van der Waals surface area contributed by atoms with Crippen LogP contribution in [-0.4, -0.2) is 60.9 Å². The molecule has 3 rings (SSSR count). The number of hydrogen-bond donors (Lipinski definition) is 1. The molecular weight excluding hydrogens is 334 g/mol. The Labute approximate surface area is 145 Å². The predicted octanol–water partition coefficient (Wildman–Crippen LogP) is 1.70. The van der Waals surface area contributed by atoms with Crippen LogP contribution in [0.2, 0.25) is 5.02 Å². The molecule has 2 aliphatic rings. The Hall–Kier alpha value is -1.63. The lowest BCUT2D eigenvalue weighted by Gasteiger charge is -2.42. The van der Waals surface area contributed by atoms with Crippen molar-refractivity contribution in [3.63, 3.8) is 0 Å². The van der Waals surface area contributed by atoms with Crippen molar-refractivity contribution in [2.45, 2.75) is 24.4 Å². The Morgan fingerprint density at radius 3 is 2.67 bits per heavy atom. The van der Waals surface area contributed by atoms with Crippen LogP contribution in [0.15, 0.2) is 24.3 Å². The van der Waals surface area contributed by atoms with Gasteiger partial charge in [-0.1, -0.05) is 23.7 Å². The van der Waals surface area contributed by atoms with Gasteiger partial charge in [-0.05, 0) is 30.5 Å². The van der Waals surface area contributed by atoms with Gasteiger partial charge in [0.25, 0.3) is 0 Å². The van der Waals surface area contributed by atoms with Gasteiger partial charge in [-0.15, -0.1) is 0 Å². The van der Waals surface area contributed by atoms with E-state index in [1.807, 2.05) is 18.2 Å². The van der Waals surface area contributed by atoms with Crippen molar-refractivity contribution in [2.24, 2.45) is 0 Å². The molecule has 1 aromatic carbocycles. The number of halogens is 1. The van der Waals surface area contributed by atoms with E-state index in [2.05, 4.69) is 0 Å². The second-order valence-electron chi connectivity index (χ2n) is 6.15. The van der Waals surface area contributed by atoms with Gasteiger partial charge >= 0.3 is 5.97 Å². The molecule has 1 amide bonds. The summed E-state index contributed by atoms with van der Waals surface area (Å²) in [5.41, 5.74) is 0.144. The van der Waals surface area contributed by atoms with Crippen LogP contribution in [0.25, 0.3) is 0 Å². The van der Waals surface area contributed by atoms with Gasteiger partial charge in [-0.25, -0.2) is 4.79 Å². The smallest absolute Gasteiger partial charge is 0.334 e. The maximum Gasteiger partial charge on any atom is 0.334 e. The Bertz CT molecular complexity index is 629. The highest BCUT2D eigenvalue weighted by Crippen LogP contribution is 2.38. The van der Waals surface area contributed by atoms with E-state index in [0.29, 0.717) is 37.6 Å². The van der Waals surface area contributed by atoms with E-state index in [1.54, 1.807) is 11.0 Å². The van der Waals surface area contributed by atoms with Gasteiger partial charge in [-0.3, -0.25) is 4.79 Å². The number of ether oxygens (including phenoxy) is 2. The molecule has 24 heavy (non-hydrogen) atoms. The lowest BCUT2D eigenvalue weighted by Crippen LogP contribution is -2.56. The van der Waals surface area contributed by atoms with E-state index in [4.69, 9.17) is 26.2 Å². The summed E-state index contributed by atoms with van der Waals surface area (Å²) in [5, 5.41) is 9.75. The van der Waals surface area contributed by atoms with Crippen LogP contribution in [0.5, 0.6) is 0 Å². The number of morpholine rings is 1. The van der Waals surface area contributed by atoms with E-state index in [9.17, 15) is 9.59 Å². The lowest BCUT2D eigenvalue weighted by molar-refractivity contribution is -0.162. The molecule has 0 radical (unpaired) electrons. The molecule has 2 heterocycles. The number of benzene rings is 1. The van der Waals surface area contributed by atoms with E-state index in [-0.39, 0.29) is 19.1 Å². The number of carboxylic acids is 1. The quantitative estimate of drug-likeness (QED) is 0.895. The van der Waals surface area contributed by atoms with E-state index in [1.165, 1.54) is 0 Å². The van der Waals surface area contributed by atoms with Gasteiger partial charge in [-0.2, -0.15) is 0 Å². The average Bonchev–Trinajstić information content (AvgIpc) is 2.61. The van der Waals surface area contributed by atoms with Gasteiger partial charge in [0, 0.05) is 24.8 Å². The number of carboxylic acid groups (broad SMARTS) is 1. The van der Waals surface area contributed by atoms with Gasteiger partial charge in [0.1, 0.15) is 0 Å². The number of nitrogens with zero attached hydrogens (tertiary/aromatic N) is 1. The van der Waals surface area contributed by atoms with E-state index in [0.717, 1.165) is 5.56 Å². The van der Waals surface area contributed by atoms with Gasteiger partial charge in [0.05, 0.1) is 18.6 Å². The molecule has 6 nitrogen and oxygen atoms in total. The topological polar surface area (TPSA) is 76.1 Å². The summed E-state index contributed by atoms with van der Waals surface area (Å²) in [6.45, 7) is 1.67. The molecule has 0 aromatic heterocycles. The highest BCUT2D eigenvalue weighted by atomic mass is 35.5. The first kappa shape index (κ1) is 17.2. The van der Waals surface area contributed by atoms with E-state index < -0.39 is 17.5 Å². The van der Waals surface area contributed by atoms with Gasteiger partial charge < -0.3 is 19.5 Å². The molecule has 130 valence electrons. The van der Waals surface area contributed by atoms with Crippen LogP contribution in [-0.2, 0) is 24.5 Å². The molecule has 0 spiro atoms. The predicted molar refractivity (Wildman–Crippen MR) is 87.1 cm³/mol. The largest absolute Gasteiger partial charge is 0.479 e. The first-order chi connectivity index (χ1) is 11.5. The minimum Gasteiger partial charge on any atom is -0.479 e. The summed E-state index contributed by atoms with van der Waals surface area (Å²) < 4.78 is 10.7. The normalized spacial score (nSPS) is 23.7. The summed E-state index contributed by atoms with van der Waals surface area (Å²) in [7, 11) is 0. The number of aliphatic carboxylic acids is 1. The lowest BCUT2D eigenvalue weighted by atomic mass is 9.73. The fourth-order valence-electron chi connectivity index (χ4n) is 3.42. The van der Waals surface area contributed by atoms with Crippen molar-refractivity contribution < 1.29 is 24.2 Å². The molecule has 0 unspecified atom stereocenters. The summed E-state index contributed by atoms with van der Waals surface area (Å²) in [6, 6.07) is 7.34.